The number of primary amides is 1. The van der Waals surface area contributed by atoms with E-state index in [2.05, 4.69) is 0 Å². The first-order valence-corrected chi connectivity index (χ1v) is 9.38. The van der Waals surface area contributed by atoms with E-state index in [-0.39, 0.29) is 12.4 Å². The van der Waals surface area contributed by atoms with Crippen molar-refractivity contribution in [1.82, 2.24) is 4.57 Å². The highest BCUT2D eigenvalue weighted by atomic mass is 16.5. The number of ether oxygens (including phenoxy) is 2. The number of hydrogen-bond donors (Lipinski definition) is 1. The second-order valence-corrected chi connectivity index (χ2v) is 6.65. The lowest BCUT2D eigenvalue weighted by molar-refractivity contribution is 0.0919. The van der Waals surface area contributed by atoms with E-state index < -0.39 is 5.91 Å². The summed E-state index contributed by atoms with van der Waals surface area (Å²) in [4.78, 5) is 23.8. The van der Waals surface area contributed by atoms with E-state index in [0.717, 1.165) is 22.8 Å². The van der Waals surface area contributed by atoms with Gasteiger partial charge in [0.15, 0.2) is 6.61 Å². The van der Waals surface area contributed by atoms with Gasteiger partial charge in [-0.2, -0.15) is 0 Å². The fourth-order valence-electron chi connectivity index (χ4n) is 3.24. The number of amides is 1. The van der Waals surface area contributed by atoms with Crippen LogP contribution in [-0.2, 0) is 0 Å². The Hall–Kier alpha value is -3.54. The van der Waals surface area contributed by atoms with Crippen LogP contribution in [0.25, 0.3) is 5.69 Å². The zero-order valence-electron chi connectivity index (χ0n) is 16.8. The van der Waals surface area contributed by atoms with Crippen LogP contribution in [0.2, 0.25) is 0 Å². The normalized spacial score (nSPS) is 10.6. The number of carbonyl (C=O) groups is 2. The fourth-order valence-corrected chi connectivity index (χ4v) is 3.24. The van der Waals surface area contributed by atoms with E-state index in [9.17, 15) is 9.59 Å². The molecule has 0 spiro atoms. The predicted octanol–water partition coefficient (Wildman–Crippen LogP) is 3.85. The molecule has 1 amide bonds. The molecule has 0 aliphatic heterocycles. The van der Waals surface area contributed by atoms with Gasteiger partial charge in [0, 0.05) is 28.2 Å². The van der Waals surface area contributed by atoms with E-state index in [1.54, 1.807) is 24.3 Å². The van der Waals surface area contributed by atoms with Crippen molar-refractivity contribution in [3.05, 3.63) is 77.1 Å². The lowest BCUT2D eigenvalue weighted by atomic mass is 10.1. The Labute approximate surface area is 169 Å². The van der Waals surface area contributed by atoms with E-state index in [0.29, 0.717) is 23.5 Å². The minimum Gasteiger partial charge on any atom is -0.494 e. The standard InChI is InChI=1S/C23H24N2O4/c1-4-28-19-11-7-18(8-12-19)25-15(2)13-21(16(25)3)22(26)14-29-20-9-5-17(6-10-20)23(24)27/h5-13H,4,14H2,1-3H3,(H2,24,27). The van der Waals surface area contributed by atoms with Crippen LogP contribution in [0.3, 0.4) is 0 Å². The Morgan fingerprint density at radius 3 is 2.10 bits per heavy atom. The molecule has 0 unspecified atom stereocenters. The molecule has 0 saturated carbocycles. The average Bonchev–Trinajstić information content (AvgIpc) is 3.01. The Morgan fingerprint density at radius 1 is 0.931 bits per heavy atom. The van der Waals surface area contributed by atoms with Gasteiger partial charge in [0.2, 0.25) is 11.7 Å². The Bertz CT molecular complexity index is 1020. The van der Waals surface area contributed by atoms with Crippen LogP contribution < -0.4 is 15.2 Å². The molecule has 0 radical (unpaired) electrons. The molecular formula is C23H24N2O4. The zero-order valence-corrected chi connectivity index (χ0v) is 16.8. The van der Waals surface area contributed by atoms with Gasteiger partial charge in [-0.3, -0.25) is 9.59 Å². The van der Waals surface area contributed by atoms with Crippen molar-refractivity contribution in [3.63, 3.8) is 0 Å². The van der Waals surface area contributed by atoms with Gasteiger partial charge in [0.05, 0.1) is 6.61 Å². The first-order valence-electron chi connectivity index (χ1n) is 9.38. The van der Waals surface area contributed by atoms with Crippen LogP contribution in [0.5, 0.6) is 11.5 Å². The molecule has 0 bridgehead atoms. The number of rotatable bonds is 8. The molecule has 1 heterocycles. The molecule has 0 fully saturated rings. The number of benzene rings is 2. The summed E-state index contributed by atoms with van der Waals surface area (Å²) in [5.41, 5.74) is 9.00. The number of hydrogen-bond acceptors (Lipinski definition) is 4. The van der Waals surface area contributed by atoms with E-state index in [1.165, 1.54) is 0 Å². The van der Waals surface area contributed by atoms with E-state index in [1.807, 2.05) is 55.7 Å². The number of Topliss-reactive ketones (excluding diaryl/α,β-unsaturated/α-hetero) is 1. The van der Waals surface area contributed by atoms with Gasteiger partial charge < -0.3 is 19.8 Å². The third-order valence-corrected chi connectivity index (χ3v) is 4.65. The van der Waals surface area contributed by atoms with Crippen molar-refractivity contribution in [2.24, 2.45) is 5.73 Å². The lowest BCUT2D eigenvalue weighted by Gasteiger charge is -2.11. The summed E-state index contributed by atoms with van der Waals surface area (Å²) >= 11 is 0. The minimum atomic E-state index is -0.505. The number of aryl methyl sites for hydroxylation is 1. The molecule has 1 aromatic heterocycles. The second-order valence-electron chi connectivity index (χ2n) is 6.65. The van der Waals surface area contributed by atoms with Crippen LogP contribution in [0.4, 0.5) is 0 Å². The van der Waals surface area contributed by atoms with Crippen molar-refractivity contribution < 1.29 is 19.1 Å². The summed E-state index contributed by atoms with van der Waals surface area (Å²) in [6, 6.07) is 16.0. The molecule has 150 valence electrons. The maximum Gasteiger partial charge on any atom is 0.248 e. The topological polar surface area (TPSA) is 83.6 Å². The number of aromatic nitrogens is 1. The van der Waals surface area contributed by atoms with Gasteiger partial charge in [0.1, 0.15) is 11.5 Å². The van der Waals surface area contributed by atoms with Gasteiger partial charge in [-0.05, 0) is 75.4 Å². The highest BCUT2D eigenvalue weighted by Gasteiger charge is 2.17. The number of nitrogens with two attached hydrogens (primary N) is 1. The molecule has 6 heteroatoms. The maximum atomic E-state index is 12.7. The van der Waals surface area contributed by atoms with Crippen molar-refractivity contribution in [2.45, 2.75) is 20.8 Å². The Kier molecular flexibility index (Phi) is 6.02. The van der Waals surface area contributed by atoms with Gasteiger partial charge >= 0.3 is 0 Å². The lowest BCUT2D eigenvalue weighted by Crippen LogP contribution is -2.13. The van der Waals surface area contributed by atoms with E-state index >= 15 is 0 Å². The first-order chi connectivity index (χ1) is 13.9. The van der Waals surface area contributed by atoms with E-state index in [4.69, 9.17) is 15.2 Å². The third-order valence-electron chi connectivity index (χ3n) is 4.65. The quantitative estimate of drug-likeness (QED) is 0.590. The third kappa shape index (κ3) is 4.48. The van der Waals surface area contributed by atoms with Crippen LogP contribution in [0.15, 0.2) is 54.6 Å². The molecule has 2 aromatic carbocycles. The highest BCUT2D eigenvalue weighted by molar-refractivity contribution is 5.99. The van der Waals surface area contributed by atoms with Gasteiger partial charge in [-0.1, -0.05) is 0 Å². The summed E-state index contributed by atoms with van der Waals surface area (Å²) in [5.74, 6) is 0.693. The van der Waals surface area contributed by atoms with Crippen molar-refractivity contribution in [1.29, 1.82) is 0 Å². The Morgan fingerprint density at radius 2 is 1.52 bits per heavy atom. The summed E-state index contributed by atoms with van der Waals surface area (Å²) in [5, 5.41) is 0. The molecule has 0 aliphatic carbocycles. The smallest absolute Gasteiger partial charge is 0.248 e. The molecule has 0 saturated heterocycles. The monoisotopic (exact) mass is 392 g/mol. The summed E-state index contributed by atoms with van der Waals surface area (Å²) in [6.07, 6.45) is 0. The minimum absolute atomic E-state index is 0.0938. The molecular weight excluding hydrogens is 368 g/mol. The van der Waals surface area contributed by atoms with Crippen molar-refractivity contribution in [3.8, 4) is 17.2 Å². The number of carbonyl (C=O) groups excluding carboxylic acids is 2. The summed E-state index contributed by atoms with van der Waals surface area (Å²) in [6.45, 7) is 6.34. The SMILES string of the molecule is CCOc1ccc(-n2c(C)cc(C(=O)COc3ccc(C(N)=O)cc3)c2C)cc1. The second kappa shape index (κ2) is 8.65. The Balaban J connectivity index is 1.74. The fraction of sp³-hybridized carbons (Fsp3) is 0.217. The molecule has 2 N–H and O–H groups in total. The van der Waals surface area contributed by atoms with Crippen molar-refractivity contribution >= 4 is 11.7 Å². The zero-order chi connectivity index (χ0) is 21.0. The maximum absolute atomic E-state index is 12.7. The molecule has 29 heavy (non-hydrogen) atoms. The molecule has 0 atom stereocenters. The largest absolute Gasteiger partial charge is 0.494 e. The van der Waals surface area contributed by atoms with Crippen LogP contribution >= 0.6 is 0 Å². The summed E-state index contributed by atoms with van der Waals surface area (Å²) < 4.78 is 13.1. The van der Waals surface area contributed by atoms with Crippen LogP contribution in [0.1, 0.15) is 39.0 Å². The highest BCUT2D eigenvalue weighted by Crippen LogP contribution is 2.23. The summed E-state index contributed by atoms with van der Waals surface area (Å²) in [7, 11) is 0. The van der Waals surface area contributed by atoms with Crippen LogP contribution in [0, 0.1) is 13.8 Å². The molecule has 3 rings (SSSR count). The predicted molar refractivity (Wildman–Crippen MR) is 111 cm³/mol. The molecule has 0 aliphatic rings. The average molecular weight is 392 g/mol. The van der Waals surface area contributed by atoms with Crippen molar-refractivity contribution in [2.75, 3.05) is 13.2 Å². The first kappa shape index (κ1) is 20.2. The van der Waals surface area contributed by atoms with Gasteiger partial charge in [-0.25, -0.2) is 0 Å². The molecule has 6 nitrogen and oxygen atoms in total. The number of ketones is 1. The van der Waals surface area contributed by atoms with Crippen LogP contribution in [-0.4, -0.2) is 29.5 Å². The van der Waals surface area contributed by atoms with Gasteiger partial charge in [-0.15, -0.1) is 0 Å². The van der Waals surface area contributed by atoms with Gasteiger partial charge in [0.25, 0.3) is 0 Å². The molecule has 3 aromatic rings. The number of nitrogens with zero attached hydrogens (tertiary/aromatic N) is 1.